The highest BCUT2D eigenvalue weighted by Gasteiger charge is 2.19. The summed E-state index contributed by atoms with van der Waals surface area (Å²) in [5, 5.41) is 6.76. The molecule has 3 N–H and O–H groups in total. The fourth-order valence-electron chi connectivity index (χ4n) is 4.16. The molecule has 0 saturated carbocycles. The molecule has 0 bridgehead atoms. The number of hydrogen-bond donors (Lipinski definition) is 3. The Kier molecular flexibility index (Phi) is 6.37. The van der Waals surface area contributed by atoms with Crippen molar-refractivity contribution in [3.05, 3.63) is 99.7 Å². The van der Waals surface area contributed by atoms with Gasteiger partial charge < -0.3 is 20.5 Å². The van der Waals surface area contributed by atoms with Crippen LogP contribution in [-0.2, 0) is 19.5 Å². The van der Waals surface area contributed by atoms with E-state index in [1.807, 2.05) is 24.3 Å². The zero-order valence-corrected chi connectivity index (χ0v) is 19.5. The fraction of sp³-hybridized carbons (Fsp3) is 0.192. The lowest BCUT2D eigenvalue weighted by atomic mass is 10.0. The molecule has 1 aliphatic heterocycles. The van der Waals surface area contributed by atoms with Gasteiger partial charge in [0.2, 0.25) is 0 Å². The topological polar surface area (TPSA) is 90.1 Å². The summed E-state index contributed by atoms with van der Waals surface area (Å²) in [5.74, 6) is -0.754. The molecular formula is C26H23ClFN5O2. The molecular weight excluding hydrogens is 469 g/mol. The van der Waals surface area contributed by atoms with Gasteiger partial charge in [0, 0.05) is 61.2 Å². The first kappa shape index (κ1) is 22.9. The third-order valence-corrected chi connectivity index (χ3v) is 6.36. The Morgan fingerprint density at radius 3 is 2.69 bits per heavy atom. The number of aromatic amines is 1. The average Bonchev–Trinajstić information content (AvgIpc) is 3.43. The highest BCUT2D eigenvalue weighted by molar-refractivity contribution is 6.35. The molecule has 0 spiro atoms. The number of benzene rings is 2. The minimum Gasteiger partial charge on any atom is -0.360 e. The number of amides is 3. The van der Waals surface area contributed by atoms with Crippen LogP contribution in [0.1, 0.15) is 32.6 Å². The van der Waals surface area contributed by atoms with Gasteiger partial charge in [0.05, 0.1) is 10.6 Å². The second-order valence-electron chi connectivity index (χ2n) is 8.54. The molecule has 0 radical (unpaired) electrons. The number of carbonyl (C=O) groups is 2. The van der Waals surface area contributed by atoms with Crippen LogP contribution in [0.25, 0.3) is 10.9 Å². The second kappa shape index (κ2) is 9.76. The van der Waals surface area contributed by atoms with Gasteiger partial charge in [-0.1, -0.05) is 35.9 Å². The maximum absolute atomic E-state index is 14.4. The van der Waals surface area contributed by atoms with Gasteiger partial charge in [0.1, 0.15) is 5.82 Å². The Balaban J connectivity index is 1.21. The monoisotopic (exact) mass is 491 g/mol. The molecule has 2 aromatic carbocycles. The number of carbonyl (C=O) groups excluding carboxylic acids is 2. The van der Waals surface area contributed by atoms with Crippen molar-refractivity contribution in [3.8, 4) is 0 Å². The first-order valence-electron chi connectivity index (χ1n) is 11.2. The number of hydrogen-bond acceptors (Lipinski definition) is 3. The summed E-state index contributed by atoms with van der Waals surface area (Å²) >= 11 is 6.12. The van der Waals surface area contributed by atoms with Gasteiger partial charge in [-0.25, -0.2) is 9.18 Å². The first-order valence-corrected chi connectivity index (χ1v) is 11.6. The van der Waals surface area contributed by atoms with Gasteiger partial charge in [-0.3, -0.25) is 9.78 Å². The Labute approximate surface area is 206 Å². The summed E-state index contributed by atoms with van der Waals surface area (Å²) in [6, 6.07) is 12.8. The number of aromatic nitrogens is 2. The second-order valence-corrected chi connectivity index (χ2v) is 8.94. The van der Waals surface area contributed by atoms with E-state index < -0.39 is 5.82 Å². The highest BCUT2D eigenvalue weighted by Crippen LogP contribution is 2.25. The summed E-state index contributed by atoms with van der Waals surface area (Å²) in [6.07, 6.45) is 5.42. The molecule has 0 atom stereocenters. The van der Waals surface area contributed by atoms with Crippen molar-refractivity contribution in [1.82, 2.24) is 25.5 Å². The van der Waals surface area contributed by atoms with E-state index in [9.17, 15) is 14.0 Å². The highest BCUT2D eigenvalue weighted by atomic mass is 35.5. The molecule has 3 amide bonds. The normalized spacial score (nSPS) is 13.3. The number of nitrogens with zero attached hydrogens (tertiary/aromatic N) is 2. The lowest BCUT2D eigenvalue weighted by Gasteiger charge is -2.14. The molecule has 7 nitrogen and oxygen atoms in total. The summed E-state index contributed by atoms with van der Waals surface area (Å²) in [5.41, 5.74) is 4.37. The molecule has 178 valence electrons. The van der Waals surface area contributed by atoms with E-state index in [-0.39, 0.29) is 18.5 Å². The average molecular weight is 492 g/mol. The number of fused-ring (bicyclic) bond motifs is 1. The van der Waals surface area contributed by atoms with Crippen molar-refractivity contribution in [2.24, 2.45) is 0 Å². The Hall–Kier alpha value is -3.91. The maximum atomic E-state index is 14.4. The molecule has 0 unspecified atom stereocenters. The van der Waals surface area contributed by atoms with E-state index in [0.29, 0.717) is 53.1 Å². The van der Waals surface area contributed by atoms with E-state index >= 15 is 0 Å². The van der Waals surface area contributed by atoms with E-state index in [1.54, 1.807) is 29.4 Å². The maximum Gasteiger partial charge on any atom is 0.317 e. The zero-order chi connectivity index (χ0) is 24.4. The quantitative estimate of drug-likeness (QED) is 0.358. The largest absolute Gasteiger partial charge is 0.360 e. The predicted molar refractivity (Wildman–Crippen MR) is 132 cm³/mol. The van der Waals surface area contributed by atoms with Crippen molar-refractivity contribution in [2.75, 3.05) is 13.1 Å². The van der Waals surface area contributed by atoms with Crippen LogP contribution in [0.2, 0.25) is 5.02 Å². The van der Waals surface area contributed by atoms with Crippen LogP contribution >= 0.6 is 11.6 Å². The van der Waals surface area contributed by atoms with Crippen molar-refractivity contribution in [2.45, 2.75) is 19.5 Å². The number of H-pyrrole nitrogens is 1. The molecule has 3 heterocycles. The van der Waals surface area contributed by atoms with Crippen LogP contribution in [0.3, 0.4) is 0 Å². The van der Waals surface area contributed by atoms with E-state index in [1.165, 1.54) is 12.3 Å². The first-order chi connectivity index (χ1) is 17.0. The van der Waals surface area contributed by atoms with E-state index in [0.717, 1.165) is 16.7 Å². The van der Waals surface area contributed by atoms with Gasteiger partial charge in [-0.15, -0.1) is 0 Å². The Morgan fingerprint density at radius 1 is 1.11 bits per heavy atom. The molecule has 5 rings (SSSR count). The van der Waals surface area contributed by atoms with Crippen LogP contribution in [0, 0.1) is 5.82 Å². The number of pyridine rings is 1. The summed E-state index contributed by atoms with van der Waals surface area (Å²) < 4.78 is 14.4. The summed E-state index contributed by atoms with van der Waals surface area (Å²) in [4.78, 5) is 33.3. The molecule has 4 aromatic rings. The molecule has 0 aliphatic carbocycles. The van der Waals surface area contributed by atoms with Crippen LogP contribution in [0.5, 0.6) is 0 Å². The lowest BCUT2D eigenvalue weighted by Crippen LogP contribution is -2.27. The minimum absolute atomic E-state index is 0.0306. The van der Waals surface area contributed by atoms with Gasteiger partial charge in [0.15, 0.2) is 0 Å². The van der Waals surface area contributed by atoms with Crippen molar-refractivity contribution in [3.63, 3.8) is 0 Å². The molecule has 35 heavy (non-hydrogen) atoms. The van der Waals surface area contributed by atoms with Gasteiger partial charge >= 0.3 is 6.03 Å². The van der Waals surface area contributed by atoms with Gasteiger partial charge in [-0.05, 0) is 41.3 Å². The smallest absolute Gasteiger partial charge is 0.317 e. The Morgan fingerprint density at radius 2 is 1.91 bits per heavy atom. The van der Waals surface area contributed by atoms with Crippen LogP contribution in [-0.4, -0.2) is 39.9 Å². The van der Waals surface area contributed by atoms with E-state index in [4.69, 9.17) is 11.6 Å². The summed E-state index contributed by atoms with van der Waals surface area (Å²) in [6.45, 7) is 2.00. The molecule has 1 fully saturated rings. The zero-order valence-electron chi connectivity index (χ0n) is 18.8. The SMILES string of the molecule is O=C(NCc1cc2c(Cl)c[nH]c2cc1F)c1cncc(Cc2ccc(CN3CCNC3=O)cc2)c1. The van der Waals surface area contributed by atoms with Crippen molar-refractivity contribution in [1.29, 1.82) is 0 Å². The molecule has 9 heteroatoms. The Bertz CT molecular complexity index is 1400. The van der Waals surface area contributed by atoms with Gasteiger partial charge in [-0.2, -0.15) is 0 Å². The molecule has 1 aliphatic rings. The molecule has 2 aromatic heterocycles. The van der Waals surface area contributed by atoms with Crippen LogP contribution < -0.4 is 10.6 Å². The summed E-state index contributed by atoms with van der Waals surface area (Å²) in [7, 11) is 0. The standard InChI is InChI=1S/C26H23ClFN5O2/c27-22-14-31-24-10-23(28)19(9-21(22)24)13-32-25(34)20-8-18(11-29-12-20)7-16-1-3-17(4-2-16)15-33-6-5-30-26(33)35/h1-4,8-12,14,31H,5-7,13,15H2,(H,30,35)(H,32,34). The van der Waals surface area contributed by atoms with E-state index in [2.05, 4.69) is 20.6 Å². The number of halogens is 2. The van der Waals surface area contributed by atoms with Crippen molar-refractivity contribution < 1.29 is 14.0 Å². The van der Waals surface area contributed by atoms with Crippen molar-refractivity contribution >= 4 is 34.4 Å². The number of rotatable bonds is 7. The number of urea groups is 1. The number of nitrogens with one attached hydrogen (secondary N) is 3. The fourth-order valence-corrected chi connectivity index (χ4v) is 4.37. The van der Waals surface area contributed by atoms with Gasteiger partial charge in [0.25, 0.3) is 5.91 Å². The lowest BCUT2D eigenvalue weighted by molar-refractivity contribution is 0.0950. The third kappa shape index (κ3) is 5.12. The molecule has 1 saturated heterocycles. The minimum atomic E-state index is -0.419. The van der Waals surface area contributed by atoms with Crippen LogP contribution in [0.15, 0.2) is 61.1 Å². The predicted octanol–water partition coefficient (Wildman–Crippen LogP) is 4.40. The third-order valence-electron chi connectivity index (χ3n) is 6.04. The van der Waals surface area contributed by atoms with Crippen LogP contribution in [0.4, 0.5) is 9.18 Å².